The topological polar surface area (TPSA) is 47.1 Å². The molecular formula is C16H10BrClF4N2O2. The van der Waals surface area contributed by atoms with E-state index in [9.17, 15) is 17.6 Å². The third-order valence-electron chi connectivity index (χ3n) is 3.63. The zero-order valence-electron chi connectivity index (χ0n) is 13.0. The summed E-state index contributed by atoms with van der Waals surface area (Å²) in [4.78, 5) is 7.07. The van der Waals surface area contributed by atoms with Crippen LogP contribution in [0.3, 0.4) is 0 Å². The highest BCUT2D eigenvalue weighted by Gasteiger charge is 2.34. The normalized spacial score (nSPS) is 13.2. The molecule has 1 atom stereocenters. The Morgan fingerprint density at radius 2 is 2.04 bits per heavy atom. The minimum Gasteiger partial charge on any atom is -0.403 e. The van der Waals surface area contributed by atoms with Crippen LogP contribution in [0.4, 0.5) is 17.6 Å². The number of nitrogens with one attached hydrogen (secondary N) is 1. The third-order valence-corrected chi connectivity index (χ3v) is 4.39. The predicted octanol–water partition coefficient (Wildman–Crippen LogP) is 5.75. The van der Waals surface area contributed by atoms with Gasteiger partial charge in [0.1, 0.15) is 11.8 Å². The smallest absolute Gasteiger partial charge is 0.403 e. The number of nitrogens with zero attached hydrogens (tertiary/aromatic N) is 1. The SMILES string of the molecule is COC(c1c(Cl)ccc(OC(F)(F)F)c1F)c1c[nH]c2ncc(Br)cc12. The molecule has 26 heavy (non-hydrogen) atoms. The third kappa shape index (κ3) is 3.65. The van der Waals surface area contributed by atoms with Gasteiger partial charge in [0.15, 0.2) is 11.6 Å². The van der Waals surface area contributed by atoms with Crippen LogP contribution in [0.5, 0.6) is 5.75 Å². The van der Waals surface area contributed by atoms with Crippen molar-refractivity contribution < 1.29 is 27.0 Å². The number of H-pyrrole nitrogens is 1. The van der Waals surface area contributed by atoms with E-state index in [0.29, 0.717) is 21.1 Å². The molecule has 138 valence electrons. The monoisotopic (exact) mass is 452 g/mol. The molecular weight excluding hydrogens is 444 g/mol. The summed E-state index contributed by atoms with van der Waals surface area (Å²) in [6, 6.07) is 3.66. The Morgan fingerprint density at radius 3 is 2.69 bits per heavy atom. The fourth-order valence-corrected chi connectivity index (χ4v) is 3.18. The summed E-state index contributed by atoms with van der Waals surface area (Å²) >= 11 is 9.34. The zero-order valence-corrected chi connectivity index (χ0v) is 15.3. The summed E-state index contributed by atoms with van der Waals surface area (Å²) in [6.07, 6.45) is -3.02. The molecule has 4 nitrogen and oxygen atoms in total. The number of halogens is 6. The van der Waals surface area contributed by atoms with Crippen LogP contribution in [0, 0.1) is 5.82 Å². The first-order chi connectivity index (χ1) is 12.2. The van der Waals surface area contributed by atoms with E-state index in [0.717, 1.165) is 12.1 Å². The summed E-state index contributed by atoms with van der Waals surface area (Å²) in [6.45, 7) is 0. The van der Waals surface area contributed by atoms with Crippen LogP contribution >= 0.6 is 27.5 Å². The first-order valence-electron chi connectivity index (χ1n) is 7.10. The maximum Gasteiger partial charge on any atom is 0.573 e. The van der Waals surface area contributed by atoms with Gasteiger partial charge in [0, 0.05) is 45.5 Å². The highest BCUT2D eigenvalue weighted by molar-refractivity contribution is 9.10. The fraction of sp³-hybridized carbons (Fsp3) is 0.188. The Bertz CT molecular complexity index is 961. The predicted molar refractivity (Wildman–Crippen MR) is 90.7 cm³/mol. The first-order valence-corrected chi connectivity index (χ1v) is 8.27. The number of methoxy groups -OCH3 is 1. The number of pyridine rings is 1. The molecule has 1 unspecified atom stereocenters. The number of aromatic nitrogens is 2. The second kappa shape index (κ2) is 7.05. The highest BCUT2D eigenvalue weighted by Crippen LogP contribution is 2.40. The van der Waals surface area contributed by atoms with E-state index in [1.54, 1.807) is 12.3 Å². The van der Waals surface area contributed by atoms with Crippen LogP contribution < -0.4 is 4.74 Å². The molecule has 0 aliphatic rings. The largest absolute Gasteiger partial charge is 0.573 e. The Hall–Kier alpha value is -1.84. The van der Waals surface area contributed by atoms with Crippen molar-refractivity contribution in [2.75, 3.05) is 7.11 Å². The Labute approximate surface area is 158 Å². The number of hydrogen-bond acceptors (Lipinski definition) is 3. The van der Waals surface area contributed by atoms with Crippen LogP contribution in [-0.4, -0.2) is 23.4 Å². The quantitative estimate of drug-likeness (QED) is 0.512. The fourth-order valence-electron chi connectivity index (χ4n) is 2.61. The maximum atomic E-state index is 14.7. The van der Waals surface area contributed by atoms with Gasteiger partial charge in [0.25, 0.3) is 0 Å². The number of hydrogen-bond donors (Lipinski definition) is 1. The van der Waals surface area contributed by atoms with Crippen LogP contribution in [0.15, 0.2) is 35.1 Å². The summed E-state index contributed by atoms with van der Waals surface area (Å²) < 4.78 is 62.0. The van der Waals surface area contributed by atoms with Gasteiger partial charge in [0.2, 0.25) is 0 Å². The van der Waals surface area contributed by atoms with Crippen molar-refractivity contribution >= 4 is 38.6 Å². The Balaban J connectivity index is 2.16. The number of rotatable bonds is 4. The second-order valence-corrected chi connectivity index (χ2v) is 6.55. The average molecular weight is 454 g/mol. The lowest BCUT2D eigenvalue weighted by molar-refractivity contribution is -0.275. The van der Waals surface area contributed by atoms with Crippen molar-refractivity contribution in [2.24, 2.45) is 0 Å². The van der Waals surface area contributed by atoms with Crippen molar-refractivity contribution in [3.05, 3.63) is 57.0 Å². The lowest BCUT2D eigenvalue weighted by Gasteiger charge is -2.19. The molecule has 0 spiro atoms. The van der Waals surface area contributed by atoms with Crippen LogP contribution in [0.1, 0.15) is 17.2 Å². The molecule has 0 radical (unpaired) electrons. The van der Waals surface area contributed by atoms with Crippen molar-refractivity contribution in [1.29, 1.82) is 0 Å². The number of ether oxygens (including phenoxy) is 2. The molecule has 1 aromatic carbocycles. The minimum absolute atomic E-state index is 0.0961. The molecule has 3 aromatic rings. The van der Waals surface area contributed by atoms with Gasteiger partial charge in [-0.3, -0.25) is 0 Å². The van der Waals surface area contributed by atoms with Crippen LogP contribution in [-0.2, 0) is 4.74 Å². The van der Waals surface area contributed by atoms with Gasteiger partial charge in [0.05, 0.1) is 0 Å². The molecule has 0 aliphatic carbocycles. The van der Waals surface area contributed by atoms with Crippen molar-refractivity contribution in [3.8, 4) is 5.75 Å². The van der Waals surface area contributed by atoms with Gasteiger partial charge < -0.3 is 14.5 Å². The van der Waals surface area contributed by atoms with E-state index in [-0.39, 0.29) is 10.6 Å². The summed E-state index contributed by atoms with van der Waals surface area (Å²) in [7, 11) is 1.29. The lowest BCUT2D eigenvalue weighted by Crippen LogP contribution is -2.19. The van der Waals surface area contributed by atoms with Crippen molar-refractivity contribution in [1.82, 2.24) is 9.97 Å². The number of fused-ring (bicyclic) bond motifs is 1. The van der Waals surface area contributed by atoms with Crippen LogP contribution in [0.25, 0.3) is 11.0 Å². The number of benzene rings is 1. The minimum atomic E-state index is -5.04. The van der Waals surface area contributed by atoms with Crippen molar-refractivity contribution in [3.63, 3.8) is 0 Å². The summed E-state index contributed by atoms with van der Waals surface area (Å²) in [5.74, 6) is -2.24. The molecule has 0 bridgehead atoms. The van der Waals surface area contributed by atoms with Gasteiger partial charge in [-0.15, -0.1) is 13.2 Å². The van der Waals surface area contributed by atoms with E-state index < -0.39 is 24.0 Å². The molecule has 0 aliphatic heterocycles. The summed E-state index contributed by atoms with van der Waals surface area (Å²) in [5.41, 5.74) is 0.697. The van der Waals surface area contributed by atoms with E-state index in [1.807, 2.05) is 0 Å². The van der Waals surface area contributed by atoms with Gasteiger partial charge in [-0.1, -0.05) is 11.6 Å². The van der Waals surface area contributed by atoms with E-state index in [4.69, 9.17) is 16.3 Å². The van der Waals surface area contributed by atoms with Gasteiger partial charge in [-0.05, 0) is 34.1 Å². The molecule has 0 amide bonds. The molecule has 2 heterocycles. The highest BCUT2D eigenvalue weighted by atomic mass is 79.9. The summed E-state index contributed by atoms with van der Waals surface area (Å²) in [5, 5.41) is 0.505. The van der Waals surface area contributed by atoms with E-state index in [1.165, 1.54) is 13.3 Å². The second-order valence-electron chi connectivity index (χ2n) is 5.23. The standard InChI is InChI=1S/C16H10BrClF4N2O2/c1-25-14(9-6-24-15-8(9)4-7(17)5-23-15)12-10(18)2-3-11(13(12)19)26-16(20,21)22/h2-6,14H,1H3,(H,23,24). The Kier molecular flexibility index (Phi) is 5.14. The zero-order chi connectivity index (χ0) is 19.1. The average Bonchev–Trinajstić information content (AvgIpc) is 2.96. The molecule has 0 saturated heterocycles. The molecule has 1 N–H and O–H groups in total. The van der Waals surface area contributed by atoms with Crippen LogP contribution in [0.2, 0.25) is 5.02 Å². The van der Waals surface area contributed by atoms with Gasteiger partial charge in [-0.2, -0.15) is 0 Å². The molecule has 2 aromatic heterocycles. The molecule has 0 fully saturated rings. The molecule has 0 saturated carbocycles. The Morgan fingerprint density at radius 1 is 1.31 bits per heavy atom. The van der Waals surface area contributed by atoms with Crippen molar-refractivity contribution in [2.45, 2.75) is 12.5 Å². The first kappa shape index (κ1) is 18.9. The lowest BCUT2D eigenvalue weighted by atomic mass is 10.0. The van der Waals surface area contributed by atoms with Gasteiger partial charge >= 0.3 is 6.36 Å². The molecule has 3 rings (SSSR count). The molecule has 10 heteroatoms. The van der Waals surface area contributed by atoms with Gasteiger partial charge in [-0.25, -0.2) is 9.37 Å². The number of aromatic amines is 1. The van der Waals surface area contributed by atoms with E-state index in [2.05, 4.69) is 30.6 Å². The maximum absolute atomic E-state index is 14.7. The number of alkyl halides is 3. The van der Waals surface area contributed by atoms with E-state index >= 15 is 0 Å².